The van der Waals surface area contributed by atoms with Crippen molar-refractivity contribution >= 4 is 27.3 Å². The molecule has 0 unspecified atom stereocenters. The Balaban J connectivity index is 2.43. The van der Waals surface area contributed by atoms with E-state index in [-0.39, 0.29) is 21.6 Å². The van der Waals surface area contributed by atoms with Crippen molar-refractivity contribution in [3.05, 3.63) is 33.3 Å². The van der Waals surface area contributed by atoms with Gasteiger partial charge in [0.05, 0.1) is 9.95 Å². The first-order valence-electron chi connectivity index (χ1n) is 6.00. The van der Waals surface area contributed by atoms with Crippen molar-refractivity contribution in [2.75, 3.05) is 19.6 Å². The van der Waals surface area contributed by atoms with Crippen molar-refractivity contribution in [1.82, 2.24) is 9.62 Å². The predicted octanol–water partition coefficient (Wildman–Crippen LogP) is 1.23. The summed E-state index contributed by atoms with van der Waals surface area (Å²) >= 11 is 5.90. The lowest BCUT2D eigenvalue weighted by Crippen LogP contribution is -2.51. The summed E-state index contributed by atoms with van der Waals surface area (Å²) in [6.45, 7) is 3.02. The van der Waals surface area contributed by atoms with Crippen LogP contribution in [0.5, 0.6) is 0 Å². The van der Waals surface area contributed by atoms with Gasteiger partial charge in [-0.1, -0.05) is 11.6 Å². The minimum Gasteiger partial charge on any atom is -0.312 e. The number of nitro benzene ring substituents is 1. The molecule has 0 aromatic heterocycles. The fraction of sp³-hybridized carbons (Fsp3) is 0.455. The molecule has 2 rings (SSSR count). The Labute approximate surface area is 121 Å². The van der Waals surface area contributed by atoms with Crippen molar-refractivity contribution in [2.45, 2.75) is 17.9 Å². The highest BCUT2D eigenvalue weighted by Crippen LogP contribution is 2.29. The van der Waals surface area contributed by atoms with Crippen LogP contribution in [0, 0.1) is 10.1 Å². The molecule has 1 saturated heterocycles. The zero-order valence-corrected chi connectivity index (χ0v) is 12.3. The molecular formula is C11H14ClN3O4S. The number of hydrogen-bond donors (Lipinski definition) is 1. The number of non-ortho nitro benzene ring substituents is 1. The van der Waals surface area contributed by atoms with E-state index in [0.717, 1.165) is 6.07 Å². The molecular weight excluding hydrogens is 306 g/mol. The van der Waals surface area contributed by atoms with Crippen LogP contribution in [0.3, 0.4) is 0 Å². The van der Waals surface area contributed by atoms with Crippen LogP contribution in [0.15, 0.2) is 23.1 Å². The van der Waals surface area contributed by atoms with E-state index in [1.165, 1.54) is 16.4 Å². The molecule has 0 radical (unpaired) electrons. The summed E-state index contributed by atoms with van der Waals surface area (Å²) in [6.07, 6.45) is 0. The van der Waals surface area contributed by atoms with Gasteiger partial charge in [0, 0.05) is 37.8 Å². The van der Waals surface area contributed by atoms with Crippen LogP contribution < -0.4 is 5.32 Å². The molecule has 9 heteroatoms. The number of halogens is 1. The standard InChI is InChI=1S/C11H14ClN3O4S/c1-8-7-14(5-4-13-8)20(18,19)11-6-9(15(16)17)2-3-10(11)12/h2-3,6,8,13H,4-5,7H2,1H3/t8-/m0/s1. The molecule has 1 fully saturated rings. The largest absolute Gasteiger partial charge is 0.312 e. The molecule has 0 spiro atoms. The van der Waals surface area contributed by atoms with Crippen molar-refractivity contribution in [3.8, 4) is 0 Å². The number of piperazine rings is 1. The molecule has 1 atom stereocenters. The van der Waals surface area contributed by atoms with Crippen molar-refractivity contribution in [3.63, 3.8) is 0 Å². The monoisotopic (exact) mass is 319 g/mol. The molecule has 1 aliphatic rings. The second-order valence-corrected chi connectivity index (χ2v) is 6.90. The Morgan fingerprint density at radius 2 is 2.20 bits per heavy atom. The van der Waals surface area contributed by atoms with Crippen molar-refractivity contribution in [1.29, 1.82) is 0 Å². The van der Waals surface area contributed by atoms with Gasteiger partial charge in [-0.15, -0.1) is 0 Å². The first kappa shape index (κ1) is 15.2. The van der Waals surface area contributed by atoms with Gasteiger partial charge in [0.2, 0.25) is 10.0 Å². The van der Waals surface area contributed by atoms with Gasteiger partial charge in [-0.3, -0.25) is 10.1 Å². The molecule has 1 aromatic rings. The predicted molar refractivity (Wildman–Crippen MR) is 74.3 cm³/mol. The lowest BCUT2D eigenvalue weighted by Gasteiger charge is -2.31. The molecule has 1 aromatic carbocycles. The van der Waals surface area contributed by atoms with E-state index in [0.29, 0.717) is 19.6 Å². The number of nitrogens with one attached hydrogen (secondary N) is 1. The van der Waals surface area contributed by atoms with Gasteiger partial charge < -0.3 is 5.32 Å². The van der Waals surface area contributed by atoms with Gasteiger partial charge >= 0.3 is 0 Å². The van der Waals surface area contributed by atoms with Gasteiger partial charge in [-0.25, -0.2) is 8.42 Å². The fourth-order valence-corrected chi connectivity index (χ4v) is 4.08. The first-order valence-corrected chi connectivity index (χ1v) is 7.81. The molecule has 1 N–H and O–H groups in total. The van der Waals surface area contributed by atoms with Crippen molar-refractivity contribution < 1.29 is 13.3 Å². The Morgan fingerprint density at radius 3 is 2.80 bits per heavy atom. The molecule has 0 aliphatic carbocycles. The lowest BCUT2D eigenvalue weighted by molar-refractivity contribution is -0.385. The maximum Gasteiger partial charge on any atom is 0.270 e. The highest BCUT2D eigenvalue weighted by molar-refractivity contribution is 7.89. The highest BCUT2D eigenvalue weighted by Gasteiger charge is 2.31. The average molecular weight is 320 g/mol. The fourth-order valence-electron chi connectivity index (χ4n) is 2.06. The van der Waals surface area contributed by atoms with E-state index in [4.69, 9.17) is 11.6 Å². The molecule has 0 amide bonds. The second-order valence-electron chi connectivity index (χ2n) is 4.59. The van der Waals surface area contributed by atoms with Crippen LogP contribution in [-0.4, -0.2) is 43.3 Å². The number of nitrogens with zero attached hydrogens (tertiary/aromatic N) is 2. The summed E-state index contributed by atoms with van der Waals surface area (Å²) in [5.74, 6) is 0. The minimum atomic E-state index is -3.82. The van der Waals surface area contributed by atoms with E-state index in [1.807, 2.05) is 6.92 Å². The molecule has 110 valence electrons. The average Bonchev–Trinajstić information content (AvgIpc) is 2.38. The molecule has 1 heterocycles. The van der Waals surface area contributed by atoms with E-state index >= 15 is 0 Å². The Morgan fingerprint density at radius 1 is 1.50 bits per heavy atom. The second kappa shape index (κ2) is 5.65. The first-order chi connectivity index (χ1) is 9.32. The highest BCUT2D eigenvalue weighted by atomic mass is 35.5. The van der Waals surface area contributed by atoms with E-state index < -0.39 is 14.9 Å². The van der Waals surface area contributed by atoms with E-state index in [1.54, 1.807) is 0 Å². The third-order valence-corrected chi connectivity index (χ3v) is 5.42. The topological polar surface area (TPSA) is 92.5 Å². The van der Waals surface area contributed by atoms with E-state index in [9.17, 15) is 18.5 Å². The van der Waals surface area contributed by atoms with Gasteiger partial charge in [0.1, 0.15) is 4.90 Å². The summed E-state index contributed by atoms with van der Waals surface area (Å²) in [4.78, 5) is 9.90. The molecule has 1 aliphatic heterocycles. The lowest BCUT2D eigenvalue weighted by atomic mass is 10.3. The maximum atomic E-state index is 12.5. The van der Waals surface area contributed by atoms with Crippen LogP contribution >= 0.6 is 11.6 Å². The normalized spacial score (nSPS) is 20.8. The van der Waals surface area contributed by atoms with Gasteiger partial charge in [0.25, 0.3) is 5.69 Å². The Kier molecular flexibility index (Phi) is 4.28. The van der Waals surface area contributed by atoms with Crippen LogP contribution in [0.1, 0.15) is 6.92 Å². The van der Waals surface area contributed by atoms with E-state index in [2.05, 4.69) is 5.32 Å². The SMILES string of the molecule is C[C@H]1CN(S(=O)(=O)c2cc([N+](=O)[O-])ccc2Cl)CCN1. The van der Waals surface area contributed by atoms with Gasteiger partial charge in [0.15, 0.2) is 0 Å². The smallest absolute Gasteiger partial charge is 0.270 e. The molecule has 0 bridgehead atoms. The number of rotatable bonds is 3. The third-order valence-electron chi connectivity index (χ3n) is 3.07. The number of hydrogen-bond acceptors (Lipinski definition) is 5. The summed E-state index contributed by atoms with van der Waals surface area (Å²) < 4.78 is 26.3. The molecule has 20 heavy (non-hydrogen) atoms. The number of sulfonamides is 1. The maximum absolute atomic E-state index is 12.5. The van der Waals surface area contributed by atoms with Crippen LogP contribution in [0.2, 0.25) is 5.02 Å². The minimum absolute atomic E-state index is 0.0122. The Hall–Kier alpha value is -1.22. The van der Waals surface area contributed by atoms with Crippen LogP contribution in [0.4, 0.5) is 5.69 Å². The third kappa shape index (κ3) is 2.93. The summed E-state index contributed by atoms with van der Waals surface area (Å²) in [6, 6.07) is 3.45. The number of benzene rings is 1. The quantitative estimate of drug-likeness (QED) is 0.668. The molecule has 0 saturated carbocycles. The molecule has 7 nitrogen and oxygen atoms in total. The van der Waals surface area contributed by atoms with Crippen LogP contribution in [0.25, 0.3) is 0 Å². The summed E-state index contributed by atoms with van der Waals surface area (Å²) in [5, 5.41) is 13.9. The zero-order valence-electron chi connectivity index (χ0n) is 10.7. The van der Waals surface area contributed by atoms with Gasteiger partial charge in [-0.2, -0.15) is 4.31 Å². The van der Waals surface area contributed by atoms with Gasteiger partial charge in [-0.05, 0) is 13.0 Å². The number of nitro groups is 1. The Bertz CT molecular complexity index is 635. The van der Waals surface area contributed by atoms with Crippen LogP contribution in [-0.2, 0) is 10.0 Å². The zero-order chi connectivity index (χ0) is 14.9. The summed E-state index contributed by atoms with van der Waals surface area (Å²) in [5.41, 5.74) is -0.295. The summed E-state index contributed by atoms with van der Waals surface area (Å²) in [7, 11) is -3.82. The van der Waals surface area contributed by atoms with Crippen molar-refractivity contribution in [2.24, 2.45) is 0 Å².